The first-order valence-electron chi connectivity index (χ1n) is 7.01. The van der Waals surface area contributed by atoms with Crippen molar-refractivity contribution in [2.24, 2.45) is 11.7 Å². The fraction of sp³-hybridized carbons (Fsp3) is 0.533. The van der Waals surface area contributed by atoms with E-state index in [-0.39, 0.29) is 12.5 Å². The molecular formula is C15H19F3N2O. The van der Waals surface area contributed by atoms with Crippen LogP contribution in [-0.4, -0.2) is 23.9 Å². The van der Waals surface area contributed by atoms with Gasteiger partial charge in [-0.15, -0.1) is 0 Å². The summed E-state index contributed by atoms with van der Waals surface area (Å²) in [7, 11) is 0. The van der Waals surface area contributed by atoms with E-state index in [0.29, 0.717) is 24.4 Å². The van der Waals surface area contributed by atoms with Crippen LogP contribution in [0.15, 0.2) is 24.3 Å². The van der Waals surface area contributed by atoms with Crippen LogP contribution in [0.2, 0.25) is 0 Å². The molecule has 0 aliphatic carbocycles. The average Bonchev–Trinajstić information content (AvgIpc) is 2.78. The number of alkyl halides is 3. The third kappa shape index (κ3) is 3.75. The number of hydrogen-bond donors (Lipinski definition) is 1. The largest absolute Gasteiger partial charge is 0.416 e. The average molecular weight is 300 g/mol. The Hall–Kier alpha value is -1.56. The minimum atomic E-state index is -4.38. The maximum atomic E-state index is 12.7. The lowest BCUT2D eigenvalue weighted by molar-refractivity contribution is -0.137. The SMILES string of the molecule is CCC1CC(=O)N(CC(N)c2cccc(C(F)(F)F)c2)C1. The summed E-state index contributed by atoms with van der Waals surface area (Å²) in [5, 5.41) is 0. The van der Waals surface area contributed by atoms with E-state index in [1.165, 1.54) is 6.07 Å². The second-order valence-corrected chi connectivity index (χ2v) is 5.51. The molecular weight excluding hydrogens is 281 g/mol. The molecule has 1 heterocycles. The van der Waals surface area contributed by atoms with Crippen LogP contribution in [0.3, 0.4) is 0 Å². The van der Waals surface area contributed by atoms with Crippen molar-refractivity contribution in [2.45, 2.75) is 32.0 Å². The topological polar surface area (TPSA) is 46.3 Å². The zero-order chi connectivity index (χ0) is 15.6. The highest BCUT2D eigenvalue weighted by Crippen LogP contribution is 2.31. The van der Waals surface area contributed by atoms with Crippen molar-refractivity contribution >= 4 is 5.91 Å². The molecule has 0 bridgehead atoms. The lowest BCUT2D eigenvalue weighted by atomic mass is 10.0. The van der Waals surface area contributed by atoms with Gasteiger partial charge in [0, 0.05) is 25.6 Å². The maximum Gasteiger partial charge on any atom is 0.416 e. The van der Waals surface area contributed by atoms with E-state index in [4.69, 9.17) is 5.73 Å². The zero-order valence-electron chi connectivity index (χ0n) is 11.9. The van der Waals surface area contributed by atoms with Gasteiger partial charge in [-0.1, -0.05) is 25.5 Å². The molecule has 1 aliphatic heterocycles. The molecule has 0 spiro atoms. The summed E-state index contributed by atoms with van der Waals surface area (Å²) in [6, 6.07) is 4.38. The van der Waals surface area contributed by atoms with E-state index >= 15 is 0 Å². The van der Waals surface area contributed by atoms with Crippen molar-refractivity contribution in [2.75, 3.05) is 13.1 Å². The third-order valence-corrected chi connectivity index (χ3v) is 3.93. The second kappa shape index (κ2) is 6.05. The first-order chi connectivity index (χ1) is 9.81. The first kappa shape index (κ1) is 15.8. The maximum absolute atomic E-state index is 12.7. The van der Waals surface area contributed by atoms with Crippen molar-refractivity contribution in [1.29, 1.82) is 0 Å². The first-order valence-corrected chi connectivity index (χ1v) is 7.01. The van der Waals surface area contributed by atoms with Crippen molar-refractivity contribution in [3.05, 3.63) is 35.4 Å². The van der Waals surface area contributed by atoms with Gasteiger partial charge in [-0.25, -0.2) is 0 Å². The number of nitrogens with two attached hydrogens (primary N) is 1. The summed E-state index contributed by atoms with van der Waals surface area (Å²) in [6.45, 7) is 2.92. The summed E-state index contributed by atoms with van der Waals surface area (Å²) < 4.78 is 38.1. The molecule has 116 valence electrons. The van der Waals surface area contributed by atoms with Crippen LogP contribution < -0.4 is 5.73 Å². The normalized spacial score (nSPS) is 20.9. The molecule has 1 aliphatic rings. The summed E-state index contributed by atoms with van der Waals surface area (Å²) in [4.78, 5) is 13.5. The van der Waals surface area contributed by atoms with Crippen molar-refractivity contribution < 1.29 is 18.0 Å². The van der Waals surface area contributed by atoms with Gasteiger partial charge in [-0.2, -0.15) is 13.2 Å². The molecule has 1 aromatic rings. The highest BCUT2D eigenvalue weighted by atomic mass is 19.4. The number of likely N-dealkylation sites (tertiary alicyclic amines) is 1. The van der Waals surface area contributed by atoms with Crippen molar-refractivity contribution in [3.8, 4) is 0 Å². The van der Waals surface area contributed by atoms with E-state index in [0.717, 1.165) is 18.6 Å². The molecule has 2 atom stereocenters. The number of rotatable bonds is 4. The van der Waals surface area contributed by atoms with Crippen LogP contribution in [-0.2, 0) is 11.0 Å². The van der Waals surface area contributed by atoms with E-state index in [1.807, 2.05) is 6.92 Å². The molecule has 1 amide bonds. The molecule has 21 heavy (non-hydrogen) atoms. The zero-order valence-corrected chi connectivity index (χ0v) is 11.9. The van der Waals surface area contributed by atoms with Gasteiger partial charge in [0.1, 0.15) is 0 Å². The Morgan fingerprint density at radius 3 is 2.71 bits per heavy atom. The minimum Gasteiger partial charge on any atom is -0.340 e. The second-order valence-electron chi connectivity index (χ2n) is 5.51. The quantitative estimate of drug-likeness (QED) is 0.929. The van der Waals surface area contributed by atoms with Gasteiger partial charge in [0.05, 0.1) is 5.56 Å². The molecule has 3 nitrogen and oxygen atoms in total. The molecule has 2 unspecified atom stereocenters. The van der Waals surface area contributed by atoms with Gasteiger partial charge < -0.3 is 10.6 Å². The Labute approximate surface area is 121 Å². The van der Waals surface area contributed by atoms with E-state index in [9.17, 15) is 18.0 Å². The van der Waals surface area contributed by atoms with E-state index in [2.05, 4.69) is 0 Å². The Balaban J connectivity index is 2.07. The Bertz CT molecular complexity index is 516. The van der Waals surface area contributed by atoms with Gasteiger partial charge in [0.2, 0.25) is 5.91 Å². The summed E-state index contributed by atoms with van der Waals surface area (Å²) in [5.41, 5.74) is 5.66. The molecule has 1 aromatic carbocycles. The van der Waals surface area contributed by atoms with E-state index in [1.54, 1.807) is 11.0 Å². The lowest BCUT2D eigenvalue weighted by Crippen LogP contribution is -2.33. The van der Waals surface area contributed by atoms with Gasteiger partial charge in [0.15, 0.2) is 0 Å². The Morgan fingerprint density at radius 1 is 1.43 bits per heavy atom. The fourth-order valence-corrected chi connectivity index (χ4v) is 2.59. The Morgan fingerprint density at radius 2 is 2.14 bits per heavy atom. The number of carbonyl (C=O) groups excluding carboxylic acids is 1. The highest BCUT2D eigenvalue weighted by Gasteiger charge is 2.32. The predicted octanol–water partition coefficient (Wildman–Crippen LogP) is 2.96. The van der Waals surface area contributed by atoms with Crippen LogP contribution >= 0.6 is 0 Å². The molecule has 0 aromatic heterocycles. The number of benzene rings is 1. The monoisotopic (exact) mass is 300 g/mol. The van der Waals surface area contributed by atoms with Crippen LogP contribution in [0.1, 0.15) is 36.9 Å². The number of nitrogens with zero attached hydrogens (tertiary/aromatic N) is 1. The fourth-order valence-electron chi connectivity index (χ4n) is 2.59. The van der Waals surface area contributed by atoms with Gasteiger partial charge in [-0.3, -0.25) is 4.79 Å². The number of carbonyl (C=O) groups is 1. The minimum absolute atomic E-state index is 0.0317. The molecule has 0 saturated carbocycles. The van der Waals surface area contributed by atoms with Gasteiger partial charge in [-0.05, 0) is 23.6 Å². The van der Waals surface area contributed by atoms with Crippen LogP contribution in [0.25, 0.3) is 0 Å². The number of amides is 1. The van der Waals surface area contributed by atoms with Crippen LogP contribution in [0, 0.1) is 5.92 Å². The molecule has 1 saturated heterocycles. The van der Waals surface area contributed by atoms with Crippen LogP contribution in [0.5, 0.6) is 0 Å². The number of hydrogen-bond acceptors (Lipinski definition) is 2. The summed E-state index contributed by atoms with van der Waals surface area (Å²) in [5.74, 6) is 0.357. The molecule has 2 N–H and O–H groups in total. The lowest BCUT2D eigenvalue weighted by Gasteiger charge is -2.22. The van der Waals surface area contributed by atoms with Crippen LogP contribution in [0.4, 0.5) is 13.2 Å². The molecule has 2 rings (SSSR count). The van der Waals surface area contributed by atoms with Crippen molar-refractivity contribution in [1.82, 2.24) is 4.90 Å². The van der Waals surface area contributed by atoms with Gasteiger partial charge in [0.25, 0.3) is 0 Å². The van der Waals surface area contributed by atoms with Crippen molar-refractivity contribution in [3.63, 3.8) is 0 Å². The molecule has 1 fully saturated rings. The predicted molar refractivity (Wildman–Crippen MR) is 73.4 cm³/mol. The molecule has 0 radical (unpaired) electrons. The number of halogens is 3. The van der Waals surface area contributed by atoms with E-state index < -0.39 is 17.8 Å². The standard InChI is InChI=1S/C15H19F3N2O/c1-2-10-6-14(21)20(8-10)9-13(19)11-4-3-5-12(7-11)15(16,17)18/h3-5,7,10,13H,2,6,8-9,19H2,1H3. The third-order valence-electron chi connectivity index (χ3n) is 3.93. The summed E-state index contributed by atoms with van der Waals surface area (Å²) >= 11 is 0. The van der Waals surface area contributed by atoms with Gasteiger partial charge >= 0.3 is 6.18 Å². The highest BCUT2D eigenvalue weighted by molar-refractivity contribution is 5.78. The smallest absolute Gasteiger partial charge is 0.340 e. The Kier molecular flexibility index (Phi) is 4.56. The summed E-state index contributed by atoms with van der Waals surface area (Å²) in [6.07, 6.45) is -2.96. The molecule has 6 heteroatoms.